The van der Waals surface area contributed by atoms with Crippen LogP contribution in [-0.2, 0) is 13.0 Å². The molecule has 0 atom stereocenters. The summed E-state index contributed by atoms with van der Waals surface area (Å²) in [6.45, 7) is 1.54. The summed E-state index contributed by atoms with van der Waals surface area (Å²) in [5, 5.41) is 15.8. The third kappa shape index (κ3) is 4.65. The van der Waals surface area contributed by atoms with Crippen LogP contribution in [0.5, 0.6) is 0 Å². The molecule has 0 aliphatic heterocycles. The summed E-state index contributed by atoms with van der Waals surface area (Å²) in [6.07, 6.45) is 7.57. The second-order valence-corrected chi connectivity index (χ2v) is 7.38. The highest BCUT2D eigenvalue weighted by Gasteiger charge is 2.18. The van der Waals surface area contributed by atoms with Crippen LogP contribution in [0.2, 0.25) is 0 Å². The Morgan fingerprint density at radius 2 is 2.12 bits per heavy atom. The lowest BCUT2D eigenvalue weighted by atomic mass is 9.87. The Morgan fingerprint density at radius 1 is 1.29 bits per heavy atom. The second-order valence-electron chi connectivity index (χ2n) is 6.43. The van der Waals surface area contributed by atoms with Gasteiger partial charge in [-0.2, -0.15) is 0 Å². The fourth-order valence-electron chi connectivity index (χ4n) is 3.27. The summed E-state index contributed by atoms with van der Waals surface area (Å²) in [7, 11) is 0. The lowest BCUT2D eigenvalue weighted by molar-refractivity contribution is 0.0696. The first-order chi connectivity index (χ1) is 11.7. The van der Waals surface area contributed by atoms with Gasteiger partial charge in [0, 0.05) is 30.8 Å². The van der Waals surface area contributed by atoms with E-state index in [2.05, 4.69) is 10.7 Å². The van der Waals surface area contributed by atoms with Crippen molar-refractivity contribution >= 4 is 17.3 Å². The van der Waals surface area contributed by atoms with Crippen LogP contribution in [-0.4, -0.2) is 22.6 Å². The summed E-state index contributed by atoms with van der Waals surface area (Å²) in [6, 6.07) is 7.08. The van der Waals surface area contributed by atoms with Gasteiger partial charge >= 0.3 is 5.97 Å². The van der Waals surface area contributed by atoms with Crippen molar-refractivity contribution in [1.29, 1.82) is 0 Å². The van der Waals surface area contributed by atoms with Crippen molar-refractivity contribution in [1.82, 2.24) is 10.3 Å². The monoisotopic (exact) mass is 344 g/mol. The maximum Gasteiger partial charge on any atom is 0.335 e. The van der Waals surface area contributed by atoms with Gasteiger partial charge in [0.1, 0.15) is 0 Å². The van der Waals surface area contributed by atoms with Crippen LogP contribution in [0.25, 0.3) is 0 Å². The number of aromatic carboxylic acids is 1. The Balaban J connectivity index is 1.44. The van der Waals surface area contributed by atoms with E-state index in [0.717, 1.165) is 18.5 Å². The molecule has 0 bridgehead atoms. The van der Waals surface area contributed by atoms with E-state index >= 15 is 0 Å². The zero-order valence-corrected chi connectivity index (χ0v) is 14.6. The number of aromatic nitrogens is 1. The van der Waals surface area contributed by atoms with Crippen molar-refractivity contribution in [3.63, 3.8) is 0 Å². The van der Waals surface area contributed by atoms with Crippen molar-refractivity contribution in [2.45, 2.75) is 51.0 Å². The van der Waals surface area contributed by atoms with Gasteiger partial charge in [-0.3, -0.25) is 0 Å². The van der Waals surface area contributed by atoms with Gasteiger partial charge in [0.2, 0.25) is 0 Å². The summed E-state index contributed by atoms with van der Waals surface area (Å²) >= 11 is 1.77. The number of hydrogen-bond acceptors (Lipinski definition) is 4. The summed E-state index contributed by atoms with van der Waals surface area (Å²) in [5.74, 6) is -0.203. The number of carbonyl (C=O) groups is 1. The van der Waals surface area contributed by atoms with Crippen molar-refractivity contribution < 1.29 is 9.90 Å². The molecular formula is C19H24N2O2S. The maximum atomic E-state index is 11.0. The van der Waals surface area contributed by atoms with Crippen molar-refractivity contribution in [3.05, 3.63) is 51.5 Å². The highest BCUT2D eigenvalue weighted by atomic mass is 32.1. The van der Waals surface area contributed by atoms with Crippen LogP contribution in [0.15, 0.2) is 29.6 Å². The first-order valence-electron chi connectivity index (χ1n) is 8.69. The molecule has 3 rings (SSSR count). The SMILES string of the molecule is O=C(O)c1cccc(CNCCc2nc(C3CCCCC3)cs2)c1. The molecule has 4 nitrogen and oxygen atoms in total. The smallest absolute Gasteiger partial charge is 0.335 e. The molecule has 1 aromatic carbocycles. The van der Waals surface area contributed by atoms with Crippen molar-refractivity contribution in [2.75, 3.05) is 6.54 Å². The minimum absolute atomic E-state index is 0.339. The van der Waals surface area contributed by atoms with E-state index in [4.69, 9.17) is 10.1 Å². The predicted octanol–water partition coefficient (Wildman–Crippen LogP) is 4.22. The highest BCUT2D eigenvalue weighted by molar-refractivity contribution is 7.09. The average Bonchev–Trinajstić information content (AvgIpc) is 3.09. The Labute approximate surface area is 146 Å². The van der Waals surface area contributed by atoms with Gasteiger partial charge in [0.25, 0.3) is 0 Å². The molecule has 0 amide bonds. The second kappa shape index (κ2) is 8.40. The van der Waals surface area contributed by atoms with Gasteiger partial charge in [-0.1, -0.05) is 31.4 Å². The fraction of sp³-hybridized carbons (Fsp3) is 0.474. The molecule has 1 aliphatic rings. The molecule has 0 saturated heterocycles. The molecule has 0 radical (unpaired) electrons. The molecule has 0 unspecified atom stereocenters. The molecule has 1 aromatic heterocycles. The molecule has 0 spiro atoms. The first-order valence-corrected chi connectivity index (χ1v) is 9.57. The number of thiazole rings is 1. The Kier molecular flexibility index (Phi) is 5.99. The van der Waals surface area contributed by atoms with Crippen LogP contribution in [0, 0.1) is 0 Å². The van der Waals surface area contributed by atoms with E-state index in [0.29, 0.717) is 18.0 Å². The van der Waals surface area contributed by atoms with E-state index in [9.17, 15) is 4.79 Å². The summed E-state index contributed by atoms with van der Waals surface area (Å²) < 4.78 is 0. The fourth-order valence-corrected chi connectivity index (χ4v) is 4.15. The van der Waals surface area contributed by atoms with Gasteiger partial charge in [0.15, 0.2) is 0 Å². The minimum atomic E-state index is -0.880. The molecule has 24 heavy (non-hydrogen) atoms. The average molecular weight is 344 g/mol. The number of nitrogens with one attached hydrogen (secondary N) is 1. The molecule has 5 heteroatoms. The molecule has 1 aliphatic carbocycles. The summed E-state index contributed by atoms with van der Waals surface area (Å²) in [5.41, 5.74) is 2.63. The van der Waals surface area contributed by atoms with Crippen LogP contribution in [0.4, 0.5) is 0 Å². The maximum absolute atomic E-state index is 11.0. The van der Waals surface area contributed by atoms with E-state index in [1.807, 2.05) is 6.07 Å². The van der Waals surface area contributed by atoms with Crippen LogP contribution in [0.1, 0.15) is 64.6 Å². The van der Waals surface area contributed by atoms with Gasteiger partial charge in [-0.15, -0.1) is 11.3 Å². The molecular weight excluding hydrogens is 320 g/mol. The van der Waals surface area contributed by atoms with Gasteiger partial charge in [-0.05, 0) is 30.5 Å². The largest absolute Gasteiger partial charge is 0.478 e. The number of hydrogen-bond donors (Lipinski definition) is 2. The normalized spacial score (nSPS) is 15.5. The van der Waals surface area contributed by atoms with Gasteiger partial charge in [-0.25, -0.2) is 9.78 Å². The molecule has 2 aromatic rings. The number of nitrogens with zero attached hydrogens (tertiary/aromatic N) is 1. The molecule has 1 fully saturated rings. The van der Waals surface area contributed by atoms with E-state index in [1.54, 1.807) is 29.5 Å². The van der Waals surface area contributed by atoms with E-state index in [-0.39, 0.29) is 0 Å². The Bertz CT molecular complexity index is 678. The van der Waals surface area contributed by atoms with Gasteiger partial charge in [0.05, 0.1) is 16.3 Å². The first kappa shape index (κ1) is 17.1. The quantitative estimate of drug-likeness (QED) is 0.738. The van der Waals surface area contributed by atoms with E-state index in [1.165, 1.54) is 42.8 Å². The summed E-state index contributed by atoms with van der Waals surface area (Å²) in [4.78, 5) is 15.8. The van der Waals surface area contributed by atoms with Crippen LogP contribution < -0.4 is 5.32 Å². The molecule has 1 saturated carbocycles. The minimum Gasteiger partial charge on any atom is -0.478 e. The molecule has 128 valence electrons. The zero-order valence-electron chi connectivity index (χ0n) is 13.8. The predicted molar refractivity (Wildman–Crippen MR) is 96.8 cm³/mol. The van der Waals surface area contributed by atoms with Crippen molar-refractivity contribution in [2.24, 2.45) is 0 Å². The lowest BCUT2D eigenvalue weighted by Crippen LogP contribution is -2.17. The molecule has 2 N–H and O–H groups in total. The number of benzene rings is 1. The number of carboxylic acid groups (broad SMARTS) is 1. The lowest BCUT2D eigenvalue weighted by Gasteiger charge is -2.19. The van der Waals surface area contributed by atoms with E-state index < -0.39 is 5.97 Å². The zero-order chi connectivity index (χ0) is 16.8. The topological polar surface area (TPSA) is 62.2 Å². The van der Waals surface area contributed by atoms with Crippen LogP contribution in [0.3, 0.4) is 0 Å². The number of carboxylic acids is 1. The van der Waals surface area contributed by atoms with Crippen molar-refractivity contribution in [3.8, 4) is 0 Å². The van der Waals surface area contributed by atoms with Gasteiger partial charge < -0.3 is 10.4 Å². The third-order valence-electron chi connectivity index (χ3n) is 4.61. The Hall–Kier alpha value is -1.72. The van der Waals surface area contributed by atoms with Crippen LogP contribution >= 0.6 is 11.3 Å². The number of rotatable bonds is 7. The Morgan fingerprint density at radius 3 is 2.92 bits per heavy atom. The molecule has 1 heterocycles. The standard InChI is InChI=1S/C19H24N2O2S/c22-19(23)16-8-4-5-14(11-16)12-20-10-9-18-21-17(13-24-18)15-6-2-1-3-7-15/h4-5,8,11,13,15,20H,1-3,6-7,9-10,12H2,(H,22,23). The highest BCUT2D eigenvalue weighted by Crippen LogP contribution is 2.33. The third-order valence-corrected chi connectivity index (χ3v) is 5.54.